The molecule has 112 valence electrons. The molecule has 2 atom stereocenters. The Hall–Kier alpha value is -1.06. The van der Waals surface area contributed by atoms with Crippen molar-refractivity contribution in [1.82, 2.24) is 5.32 Å². The Labute approximate surface area is 122 Å². The quantitative estimate of drug-likeness (QED) is 0.895. The van der Waals surface area contributed by atoms with Crippen LogP contribution in [0.3, 0.4) is 0 Å². The first kappa shape index (κ1) is 15.3. The molecule has 3 nitrogen and oxygen atoms in total. The van der Waals surface area contributed by atoms with Gasteiger partial charge in [0.1, 0.15) is 11.9 Å². The van der Waals surface area contributed by atoms with E-state index in [2.05, 4.69) is 31.3 Å². The molecule has 1 aromatic rings. The van der Waals surface area contributed by atoms with Gasteiger partial charge in [0.05, 0.1) is 6.61 Å². The van der Waals surface area contributed by atoms with Gasteiger partial charge in [-0.1, -0.05) is 26.0 Å². The van der Waals surface area contributed by atoms with Gasteiger partial charge >= 0.3 is 0 Å². The van der Waals surface area contributed by atoms with E-state index in [0.717, 1.165) is 17.7 Å². The molecule has 1 fully saturated rings. The van der Waals surface area contributed by atoms with Gasteiger partial charge in [-0.25, -0.2) is 0 Å². The second-order valence-corrected chi connectivity index (χ2v) is 6.54. The van der Waals surface area contributed by atoms with Crippen molar-refractivity contribution in [3.05, 3.63) is 29.8 Å². The molecule has 0 spiro atoms. The van der Waals surface area contributed by atoms with Crippen molar-refractivity contribution in [3.8, 4) is 5.75 Å². The van der Waals surface area contributed by atoms with Crippen LogP contribution >= 0.6 is 0 Å². The average molecular weight is 277 g/mol. The fourth-order valence-corrected chi connectivity index (χ4v) is 3.03. The van der Waals surface area contributed by atoms with E-state index < -0.39 is 0 Å². The number of benzene rings is 1. The lowest BCUT2D eigenvalue weighted by Gasteiger charge is -2.40. The third kappa shape index (κ3) is 3.97. The fraction of sp³-hybridized carbons (Fsp3) is 0.647. The molecule has 0 aromatic heterocycles. The van der Waals surface area contributed by atoms with Gasteiger partial charge in [-0.2, -0.15) is 0 Å². The van der Waals surface area contributed by atoms with E-state index >= 15 is 0 Å². The molecule has 2 rings (SSSR count). The minimum absolute atomic E-state index is 0.238. The zero-order valence-corrected chi connectivity index (χ0v) is 13.1. The summed E-state index contributed by atoms with van der Waals surface area (Å²) >= 11 is 0. The maximum atomic E-state index is 6.26. The molecule has 20 heavy (non-hydrogen) atoms. The SMILES string of the molecule is CNC1CCC(C)(C)CC1Oc1cccc(COC)c1. The smallest absolute Gasteiger partial charge is 0.120 e. The zero-order valence-electron chi connectivity index (χ0n) is 13.1. The molecule has 0 aliphatic heterocycles. The molecule has 1 aliphatic carbocycles. The van der Waals surface area contributed by atoms with Crippen molar-refractivity contribution in [2.45, 2.75) is 51.9 Å². The maximum Gasteiger partial charge on any atom is 0.120 e. The summed E-state index contributed by atoms with van der Waals surface area (Å²) in [7, 11) is 3.74. The van der Waals surface area contributed by atoms with Crippen molar-refractivity contribution in [3.63, 3.8) is 0 Å². The van der Waals surface area contributed by atoms with Gasteiger partial charge in [0.15, 0.2) is 0 Å². The Morgan fingerprint density at radius 2 is 2.15 bits per heavy atom. The number of methoxy groups -OCH3 is 1. The minimum Gasteiger partial charge on any atom is -0.489 e. The predicted octanol–water partition coefficient (Wildman–Crippen LogP) is 3.38. The molecular formula is C17H27NO2. The molecular weight excluding hydrogens is 250 g/mol. The minimum atomic E-state index is 0.238. The largest absolute Gasteiger partial charge is 0.489 e. The summed E-state index contributed by atoms with van der Waals surface area (Å²) in [4.78, 5) is 0. The Morgan fingerprint density at radius 1 is 1.35 bits per heavy atom. The van der Waals surface area contributed by atoms with Gasteiger partial charge in [0.2, 0.25) is 0 Å². The van der Waals surface area contributed by atoms with Crippen molar-refractivity contribution in [2.75, 3.05) is 14.2 Å². The first-order chi connectivity index (χ1) is 9.54. The Bertz CT molecular complexity index is 431. The van der Waals surface area contributed by atoms with Gasteiger partial charge in [-0.05, 0) is 49.4 Å². The van der Waals surface area contributed by atoms with Crippen LogP contribution in [0.1, 0.15) is 38.7 Å². The number of rotatable bonds is 5. The lowest BCUT2D eigenvalue weighted by molar-refractivity contribution is 0.0557. The summed E-state index contributed by atoms with van der Waals surface area (Å²) in [6, 6.07) is 8.66. The predicted molar refractivity (Wildman–Crippen MR) is 82.1 cm³/mol. The lowest BCUT2D eigenvalue weighted by atomic mass is 9.74. The van der Waals surface area contributed by atoms with Crippen LogP contribution in [0.2, 0.25) is 0 Å². The van der Waals surface area contributed by atoms with E-state index in [0.29, 0.717) is 18.1 Å². The number of ether oxygens (including phenoxy) is 2. The van der Waals surface area contributed by atoms with E-state index in [9.17, 15) is 0 Å². The fourth-order valence-electron chi connectivity index (χ4n) is 3.03. The molecule has 0 saturated heterocycles. The number of hydrogen-bond acceptors (Lipinski definition) is 3. The summed E-state index contributed by atoms with van der Waals surface area (Å²) in [5, 5.41) is 3.40. The van der Waals surface area contributed by atoms with Crippen LogP contribution in [0.25, 0.3) is 0 Å². The van der Waals surface area contributed by atoms with E-state index in [-0.39, 0.29) is 6.10 Å². The van der Waals surface area contributed by atoms with Gasteiger partial charge in [0.25, 0.3) is 0 Å². The normalized spacial score (nSPS) is 25.4. The third-order valence-electron chi connectivity index (χ3n) is 4.20. The topological polar surface area (TPSA) is 30.5 Å². The van der Waals surface area contributed by atoms with Crippen molar-refractivity contribution in [2.24, 2.45) is 5.41 Å². The van der Waals surface area contributed by atoms with Gasteiger partial charge in [-0.3, -0.25) is 0 Å². The number of nitrogens with one attached hydrogen (secondary N) is 1. The van der Waals surface area contributed by atoms with Gasteiger partial charge in [-0.15, -0.1) is 0 Å². The van der Waals surface area contributed by atoms with E-state index in [1.165, 1.54) is 12.8 Å². The van der Waals surface area contributed by atoms with Crippen LogP contribution in [0.4, 0.5) is 0 Å². The monoisotopic (exact) mass is 277 g/mol. The van der Waals surface area contributed by atoms with Crippen molar-refractivity contribution < 1.29 is 9.47 Å². The summed E-state index contributed by atoms with van der Waals surface area (Å²) in [5.74, 6) is 0.947. The highest BCUT2D eigenvalue weighted by Gasteiger charge is 2.35. The van der Waals surface area contributed by atoms with Crippen LogP contribution in [0.5, 0.6) is 5.75 Å². The summed E-state index contributed by atoms with van der Waals surface area (Å²) in [6.07, 6.45) is 3.75. The third-order valence-corrected chi connectivity index (χ3v) is 4.20. The standard InChI is InChI=1S/C17H27NO2/c1-17(2)9-8-15(18-3)16(11-17)20-14-7-5-6-13(10-14)12-19-4/h5-7,10,15-16,18H,8-9,11-12H2,1-4H3. The highest BCUT2D eigenvalue weighted by molar-refractivity contribution is 5.28. The number of likely N-dealkylation sites (N-methyl/N-ethyl adjacent to an activating group) is 1. The molecule has 1 aromatic carbocycles. The van der Waals surface area contributed by atoms with Gasteiger partial charge < -0.3 is 14.8 Å². The molecule has 0 heterocycles. The second kappa shape index (κ2) is 6.59. The van der Waals surface area contributed by atoms with Crippen LogP contribution in [-0.4, -0.2) is 26.3 Å². The average Bonchev–Trinajstić information content (AvgIpc) is 2.39. The van der Waals surface area contributed by atoms with E-state index in [4.69, 9.17) is 9.47 Å². The summed E-state index contributed by atoms with van der Waals surface area (Å²) < 4.78 is 11.4. The van der Waals surface area contributed by atoms with Crippen LogP contribution < -0.4 is 10.1 Å². The first-order valence-corrected chi connectivity index (χ1v) is 7.46. The van der Waals surface area contributed by atoms with Crippen LogP contribution in [0, 0.1) is 5.41 Å². The highest BCUT2D eigenvalue weighted by atomic mass is 16.5. The molecule has 1 aliphatic rings. The molecule has 2 unspecified atom stereocenters. The van der Waals surface area contributed by atoms with Crippen molar-refractivity contribution >= 4 is 0 Å². The van der Waals surface area contributed by atoms with Crippen LogP contribution in [-0.2, 0) is 11.3 Å². The maximum absolute atomic E-state index is 6.26. The van der Waals surface area contributed by atoms with Crippen molar-refractivity contribution in [1.29, 1.82) is 0 Å². The Morgan fingerprint density at radius 3 is 2.85 bits per heavy atom. The zero-order chi connectivity index (χ0) is 14.6. The first-order valence-electron chi connectivity index (χ1n) is 7.46. The molecule has 1 saturated carbocycles. The Kier molecular flexibility index (Phi) is 5.06. The lowest BCUT2D eigenvalue weighted by Crippen LogP contribution is -2.47. The highest BCUT2D eigenvalue weighted by Crippen LogP contribution is 2.37. The number of hydrogen-bond donors (Lipinski definition) is 1. The molecule has 0 radical (unpaired) electrons. The van der Waals surface area contributed by atoms with E-state index in [1.807, 2.05) is 19.2 Å². The summed E-state index contributed by atoms with van der Waals surface area (Å²) in [5.41, 5.74) is 1.52. The second-order valence-electron chi connectivity index (χ2n) is 6.54. The van der Waals surface area contributed by atoms with Crippen LogP contribution in [0.15, 0.2) is 24.3 Å². The molecule has 0 amide bonds. The summed E-state index contributed by atoms with van der Waals surface area (Å²) in [6.45, 7) is 5.29. The Balaban J connectivity index is 2.07. The molecule has 1 N–H and O–H groups in total. The van der Waals surface area contributed by atoms with Gasteiger partial charge in [0, 0.05) is 13.2 Å². The van der Waals surface area contributed by atoms with E-state index in [1.54, 1.807) is 7.11 Å². The molecule has 3 heteroatoms. The molecule has 0 bridgehead atoms.